The Morgan fingerprint density at radius 1 is 0.964 bits per heavy atom. The number of benzene rings is 2. The maximum Gasteiger partial charge on any atom is 0.498 e. The first-order valence-electron chi connectivity index (χ1n) is 9.15. The van der Waals surface area contributed by atoms with Crippen LogP contribution in [0.15, 0.2) is 42.5 Å². The summed E-state index contributed by atoms with van der Waals surface area (Å²) in [6.45, 7) is 9.36. The molecule has 150 valence electrons. The summed E-state index contributed by atoms with van der Waals surface area (Å²) >= 11 is 0. The SMILES string of the molecule is Cc1cc(C(F)(F)F)cc(OCc2ccccc2)c1B1OC(C)(C)C(C)(C)O1. The molecule has 3 rings (SSSR count). The van der Waals surface area contributed by atoms with Crippen LogP contribution in [0.5, 0.6) is 5.75 Å². The third-order valence-corrected chi connectivity index (χ3v) is 5.40. The molecule has 0 aliphatic carbocycles. The van der Waals surface area contributed by atoms with Crippen LogP contribution in [0.1, 0.15) is 44.4 Å². The van der Waals surface area contributed by atoms with Gasteiger partial charge in [-0.25, -0.2) is 0 Å². The van der Waals surface area contributed by atoms with Gasteiger partial charge in [0.2, 0.25) is 0 Å². The van der Waals surface area contributed by atoms with Crippen LogP contribution >= 0.6 is 0 Å². The number of hydrogen-bond donors (Lipinski definition) is 0. The topological polar surface area (TPSA) is 27.7 Å². The van der Waals surface area contributed by atoms with Crippen LogP contribution in [0.3, 0.4) is 0 Å². The molecule has 0 bridgehead atoms. The summed E-state index contributed by atoms with van der Waals surface area (Å²) in [6, 6.07) is 11.4. The van der Waals surface area contributed by atoms with Gasteiger partial charge in [-0.15, -0.1) is 0 Å². The van der Waals surface area contributed by atoms with Crippen LogP contribution in [0.25, 0.3) is 0 Å². The van der Waals surface area contributed by atoms with Crippen molar-refractivity contribution in [3.05, 3.63) is 59.2 Å². The van der Waals surface area contributed by atoms with Gasteiger partial charge in [-0.05, 0) is 57.9 Å². The van der Waals surface area contributed by atoms with E-state index in [1.807, 2.05) is 58.0 Å². The van der Waals surface area contributed by atoms with Gasteiger partial charge >= 0.3 is 13.3 Å². The van der Waals surface area contributed by atoms with E-state index in [-0.39, 0.29) is 12.4 Å². The molecule has 0 amide bonds. The minimum absolute atomic E-state index is 0.120. The van der Waals surface area contributed by atoms with E-state index >= 15 is 0 Å². The molecule has 1 aliphatic heterocycles. The van der Waals surface area contributed by atoms with Gasteiger partial charge in [0.05, 0.1) is 16.8 Å². The van der Waals surface area contributed by atoms with Crippen LogP contribution in [0, 0.1) is 6.92 Å². The van der Waals surface area contributed by atoms with Gasteiger partial charge in [0.15, 0.2) is 0 Å². The Hall–Kier alpha value is -1.99. The molecule has 0 saturated carbocycles. The molecule has 3 nitrogen and oxygen atoms in total. The summed E-state index contributed by atoms with van der Waals surface area (Å²) in [5.74, 6) is 0.120. The van der Waals surface area contributed by atoms with E-state index in [0.717, 1.165) is 17.7 Å². The lowest BCUT2D eigenvalue weighted by Gasteiger charge is -2.32. The first kappa shape index (κ1) is 20.7. The van der Waals surface area contributed by atoms with Crippen molar-refractivity contribution in [3.63, 3.8) is 0 Å². The number of hydrogen-bond acceptors (Lipinski definition) is 3. The van der Waals surface area contributed by atoms with Crippen molar-refractivity contribution in [1.29, 1.82) is 0 Å². The van der Waals surface area contributed by atoms with E-state index in [4.69, 9.17) is 14.0 Å². The van der Waals surface area contributed by atoms with Crippen molar-refractivity contribution < 1.29 is 27.2 Å². The second-order valence-electron chi connectivity index (χ2n) is 8.07. The fraction of sp³-hybridized carbons (Fsp3) is 0.429. The summed E-state index contributed by atoms with van der Waals surface area (Å²) in [7, 11) is -0.807. The normalized spacial score (nSPS) is 18.4. The Morgan fingerprint density at radius 2 is 1.54 bits per heavy atom. The highest BCUT2D eigenvalue weighted by Gasteiger charge is 2.53. The van der Waals surface area contributed by atoms with Gasteiger partial charge in [0, 0.05) is 5.46 Å². The number of rotatable bonds is 4. The zero-order valence-corrected chi connectivity index (χ0v) is 16.7. The largest absolute Gasteiger partial charge is 0.498 e. The highest BCUT2D eigenvalue weighted by Crippen LogP contribution is 2.39. The zero-order valence-electron chi connectivity index (χ0n) is 16.7. The second-order valence-corrected chi connectivity index (χ2v) is 8.07. The summed E-state index contributed by atoms with van der Waals surface area (Å²) < 4.78 is 58.0. The number of alkyl halides is 3. The first-order valence-corrected chi connectivity index (χ1v) is 9.15. The van der Waals surface area contributed by atoms with E-state index in [1.54, 1.807) is 6.92 Å². The van der Waals surface area contributed by atoms with Gasteiger partial charge in [0.1, 0.15) is 12.4 Å². The van der Waals surface area contributed by atoms with Crippen LogP contribution in [0.4, 0.5) is 13.2 Å². The van der Waals surface area contributed by atoms with Crippen LogP contribution in [-0.2, 0) is 22.1 Å². The molecule has 28 heavy (non-hydrogen) atoms. The minimum atomic E-state index is -4.47. The molecule has 0 N–H and O–H groups in total. The van der Waals surface area contributed by atoms with Crippen molar-refractivity contribution in [3.8, 4) is 5.75 Å². The van der Waals surface area contributed by atoms with Gasteiger partial charge in [-0.1, -0.05) is 30.3 Å². The molecule has 2 aromatic carbocycles. The van der Waals surface area contributed by atoms with E-state index in [0.29, 0.717) is 11.0 Å². The first-order chi connectivity index (χ1) is 12.9. The van der Waals surface area contributed by atoms with Gasteiger partial charge < -0.3 is 14.0 Å². The molecule has 1 fully saturated rings. The lowest BCUT2D eigenvalue weighted by atomic mass is 9.75. The fourth-order valence-corrected chi connectivity index (χ4v) is 3.05. The van der Waals surface area contributed by atoms with E-state index in [9.17, 15) is 13.2 Å². The standard InChI is InChI=1S/C21H24BF3O3/c1-14-11-16(21(23,24)25)12-17(26-13-15-9-7-6-8-10-15)18(14)22-27-19(2,3)20(4,5)28-22/h6-12H,13H2,1-5H3. The monoisotopic (exact) mass is 392 g/mol. The minimum Gasteiger partial charge on any atom is -0.489 e. The molecule has 1 saturated heterocycles. The highest BCUT2D eigenvalue weighted by atomic mass is 19.4. The van der Waals surface area contributed by atoms with Crippen molar-refractivity contribution in [2.75, 3.05) is 0 Å². The molecule has 0 atom stereocenters. The van der Waals surface area contributed by atoms with Crippen LogP contribution in [0.2, 0.25) is 0 Å². The van der Waals surface area contributed by atoms with Gasteiger partial charge in [-0.3, -0.25) is 0 Å². The molecule has 0 aromatic heterocycles. The van der Waals surface area contributed by atoms with Crippen molar-refractivity contribution in [2.24, 2.45) is 0 Å². The lowest BCUT2D eigenvalue weighted by molar-refractivity contribution is -0.137. The molecule has 0 unspecified atom stereocenters. The van der Waals surface area contributed by atoms with E-state index < -0.39 is 30.1 Å². The van der Waals surface area contributed by atoms with Crippen LogP contribution < -0.4 is 10.2 Å². The molecular weight excluding hydrogens is 368 g/mol. The quantitative estimate of drug-likeness (QED) is 0.694. The Bertz CT molecular complexity index is 832. The molecule has 1 aliphatic rings. The average Bonchev–Trinajstić information content (AvgIpc) is 2.80. The summed E-state index contributed by atoms with van der Waals surface area (Å²) in [5.41, 5.74) is -0.211. The predicted octanol–water partition coefficient (Wildman–Crippen LogP) is 4.89. The molecule has 0 radical (unpaired) electrons. The third kappa shape index (κ3) is 4.05. The number of aryl methyl sites for hydroxylation is 1. The molecule has 0 spiro atoms. The lowest BCUT2D eigenvalue weighted by Crippen LogP contribution is -2.41. The Labute approximate surface area is 163 Å². The number of halogens is 3. The Balaban J connectivity index is 2.01. The maximum atomic E-state index is 13.3. The summed E-state index contributed by atoms with van der Waals surface area (Å²) in [6.07, 6.45) is -4.47. The van der Waals surface area contributed by atoms with E-state index in [2.05, 4.69) is 0 Å². The maximum absolute atomic E-state index is 13.3. The summed E-state index contributed by atoms with van der Waals surface area (Å²) in [5, 5.41) is 0. The van der Waals surface area contributed by atoms with Crippen molar-refractivity contribution in [1.82, 2.24) is 0 Å². The third-order valence-electron chi connectivity index (χ3n) is 5.40. The molecule has 1 heterocycles. The highest BCUT2D eigenvalue weighted by molar-refractivity contribution is 6.63. The van der Waals surface area contributed by atoms with Crippen molar-refractivity contribution in [2.45, 2.75) is 58.6 Å². The molecular formula is C21H24BF3O3. The smallest absolute Gasteiger partial charge is 0.489 e. The van der Waals surface area contributed by atoms with Crippen LogP contribution in [-0.4, -0.2) is 18.3 Å². The average molecular weight is 392 g/mol. The fourth-order valence-electron chi connectivity index (χ4n) is 3.05. The number of ether oxygens (including phenoxy) is 1. The zero-order chi connectivity index (χ0) is 20.7. The predicted molar refractivity (Wildman–Crippen MR) is 103 cm³/mol. The summed E-state index contributed by atoms with van der Waals surface area (Å²) in [4.78, 5) is 0. The Morgan fingerprint density at radius 3 is 2.07 bits per heavy atom. The van der Waals surface area contributed by atoms with Crippen molar-refractivity contribution >= 4 is 12.6 Å². The molecule has 2 aromatic rings. The van der Waals surface area contributed by atoms with E-state index in [1.165, 1.54) is 0 Å². The van der Waals surface area contributed by atoms with Gasteiger partial charge in [-0.2, -0.15) is 13.2 Å². The molecule has 7 heteroatoms. The van der Waals surface area contributed by atoms with Gasteiger partial charge in [0.25, 0.3) is 0 Å². The Kier molecular flexibility index (Phi) is 5.27. The second kappa shape index (κ2) is 7.12.